The Hall–Kier alpha value is -3.52. The first-order valence-electron chi connectivity index (χ1n) is 7.22. The van der Waals surface area contributed by atoms with Crippen LogP contribution in [0.25, 0.3) is 6.08 Å². The summed E-state index contributed by atoms with van der Waals surface area (Å²) in [6, 6.07) is 15.5. The smallest absolute Gasteiger partial charge is 0.229 e. The van der Waals surface area contributed by atoms with Crippen molar-refractivity contribution in [2.45, 2.75) is 6.42 Å². The fourth-order valence-corrected chi connectivity index (χ4v) is 1.98. The maximum Gasteiger partial charge on any atom is 0.229 e. The number of aromatic hydroxyl groups is 2. The Morgan fingerprint density at radius 2 is 1.88 bits per heavy atom. The van der Waals surface area contributed by atoms with Crippen LogP contribution in [0, 0.1) is 11.3 Å². The molecule has 1 amide bonds. The third kappa shape index (κ3) is 5.04. The van der Waals surface area contributed by atoms with E-state index in [0.29, 0.717) is 5.56 Å². The van der Waals surface area contributed by atoms with Crippen LogP contribution in [0.2, 0.25) is 0 Å². The molecular weight excluding hydrogens is 304 g/mol. The third-order valence-corrected chi connectivity index (χ3v) is 3.15. The van der Waals surface area contributed by atoms with E-state index in [1.807, 2.05) is 36.4 Å². The van der Waals surface area contributed by atoms with Crippen LogP contribution >= 0.6 is 0 Å². The zero-order chi connectivity index (χ0) is 17.4. The molecule has 5 nitrogen and oxygen atoms in total. The van der Waals surface area contributed by atoms with Gasteiger partial charge in [0.05, 0.1) is 6.42 Å². The molecule has 0 aliphatic rings. The molecule has 0 saturated carbocycles. The molecule has 0 spiro atoms. The summed E-state index contributed by atoms with van der Waals surface area (Å²) >= 11 is 0. The van der Waals surface area contributed by atoms with Gasteiger partial charge >= 0.3 is 0 Å². The van der Waals surface area contributed by atoms with E-state index in [2.05, 4.69) is 5.32 Å². The number of phenolic OH excluding ortho intramolecular Hbond substituents is 2. The molecule has 2 aromatic rings. The number of rotatable bonds is 5. The SMILES string of the molecule is N#CC(=CC=Cc1ccc(O)c(O)c1)NC(=O)Cc1ccccc1. The number of carbonyl (C=O) groups is 1. The number of benzene rings is 2. The molecule has 120 valence electrons. The zero-order valence-electron chi connectivity index (χ0n) is 12.8. The Morgan fingerprint density at radius 3 is 2.54 bits per heavy atom. The minimum absolute atomic E-state index is 0.121. The standard InChI is InChI=1S/C19H16N2O3/c20-13-16(21-19(24)12-14-5-2-1-3-6-14)8-4-7-15-9-10-17(22)18(23)11-15/h1-11,22-23H,12H2,(H,21,24). The van der Waals surface area contributed by atoms with Gasteiger partial charge in [0.2, 0.25) is 5.91 Å². The number of hydrogen-bond donors (Lipinski definition) is 3. The molecule has 0 fully saturated rings. The minimum atomic E-state index is -0.273. The molecule has 0 aliphatic heterocycles. The first-order valence-corrected chi connectivity index (χ1v) is 7.22. The summed E-state index contributed by atoms with van der Waals surface area (Å²) in [5, 5.41) is 30.3. The Kier molecular flexibility index (Phi) is 5.76. The van der Waals surface area contributed by atoms with Crippen LogP contribution in [-0.4, -0.2) is 16.1 Å². The van der Waals surface area contributed by atoms with Crippen molar-refractivity contribution >= 4 is 12.0 Å². The largest absolute Gasteiger partial charge is 0.504 e. The van der Waals surface area contributed by atoms with E-state index in [-0.39, 0.29) is 29.5 Å². The highest BCUT2D eigenvalue weighted by atomic mass is 16.3. The highest BCUT2D eigenvalue weighted by Gasteiger charge is 2.04. The molecular formula is C19H16N2O3. The van der Waals surface area contributed by atoms with Gasteiger partial charge in [0.15, 0.2) is 11.5 Å². The van der Waals surface area contributed by atoms with Gasteiger partial charge in [0, 0.05) is 0 Å². The van der Waals surface area contributed by atoms with E-state index in [0.717, 1.165) is 5.56 Å². The second-order valence-corrected chi connectivity index (χ2v) is 5.01. The summed E-state index contributed by atoms with van der Waals surface area (Å²) in [4.78, 5) is 11.9. The second kappa shape index (κ2) is 8.20. The number of hydrogen-bond acceptors (Lipinski definition) is 4. The van der Waals surface area contributed by atoms with Gasteiger partial charge in [-0.2, -0.15) is 5.26 Å². The van der Waals surface area contributed by atoms with Gasteiger partial charge in [0.25, 0.3) is 0 Å². The number of nitriles is 1. The van der Waals surface area contributed by atoms with Gasteiger partial charge in [-0.05, 0) is 29.3 Å². The molecule has 0 heterocycles. The predicted molar refractivity (Wildman–Crippen MR) is 90.8 cm³/mol. The molecule has 0 bridgehead atoms. The maximum absolute atomic E-state index is 11.9. The lowest BCUT2D eigenvalue weighted by atomic mass is 10.1. The molecule has 5 heteroatoms. The molecule has 0 aliphatic carbocycles. The fourth-order valence-electron chi connectivity index (χ4n) is 1.98. The van der Waals surface area contributed by atoms with Crippen molar-refractivity contribution in [2.75, 3.05) is 0 Å². The van der Waals surface area contributed by atoms with Crippen molar-refractivity contribution in [1.29, 1.82) is 5.26 Å². The van der Waals surface area contributed by atoms with E-state index in [9.17, 15) is 15.0 Å². The Balaban J connectivity index is 1.98. The van der Waals surface area contributed by atoms with Crippen molar-refractivity contribution < 1.29 is 15.0 Å². The van der Waals surface area contributed by atoms with E-state index in [1.54, 1.807) is 18.2 Å². The number of nitrogens with one attached hydrogen (secondary N) is 1. The molecule has 0 unspecified atom stereocenters. The van der Waals surface area contributed by atoms with E-state index in [1.165, 1.54) is 18.2 Å². The predicted octanol–water partition coefficient (Wildman–Crippen LogP) is 2.88. The first kappa shape index (κ1) is 16.8. The topological polar surface area (TPSA) is 93.3 Å². The van der Waals surface area contributed by atoms with Crippen molar-refractivity contribution in [3.8, 4) is 17.6 Å². The molecule has 24 heavy (non-hydrogen) atoms. The van der Waals surface area contributed by atoms with Crippen LogP contribution < -0.4 is 5.32 Å². The molecule has 3 N–H and O–H groups in total. The average Bonchev–Trinajstić information content (AvgIpc) is 2.58. The van der Waals surface area contributed by atoms with Crippen LogP contribution in [0.1, 0.15) is 11.1 Å². The summed E-state index contributed by atoms with van der Waals surface area (Å²) < 4.78 is 0. The minimum Gasteiger partial charge on any atom is -0.504 e. The Bertz CT molecular complexity index is 818. The number of allylic oxidation sites excluding steroid dienone is 3. The first-order chi connectivity index (χ1) is 11.6. The number of nitrogens with zero attached hydrogens (tertiary/aromatic N) is 1. The number of phenols is 2. The monoisotopic (exact) mass is 320 g/mol. The summed E-state index contributed by atoms with van der Waals surface area (Å²) in [6.45, 7) is 0. The summed E-state index contributed by atoms with van der Waals surface area (Å²) in [6.07, 6.45) is 4.87. The highest BCUT2D eigenvalue weighted by molar-refractivity contribution is 5.81. The lowest BCUT2D eigenvalue weighted by Gasteiger charge is -2.03. The lowest BCUT2D eigenvalue weighted by Crippen LogP contribution is -2.23. The number of amides is 1. The molecule has 2 rings (SSSR count). The lowest BCUT2D eigenvalue weighted by molar-refractivity contribution is -0.119. The zero-order valence-corrected chi connectivity index (χ0v) is 12.8. The maximum atomic E-state index is 11.9. The van der Waals surface area contributed by atoms with Crippen LogP contribution in [0.4, 0.5) is 0 Å². The molecule has 0 atom stereocenters. The number of carbonyl (C=O) groups excluding carboxylic acids is 1. The van der Waals surface area contributed by atoms with Crippen LogP contribution in [0.3, 0.4) is 0 Å². The normalized spacial score (nSPS) is 11.2. The van der Waals surface area contributed by atoms with Crippen LogP contribution in [-0.2, 0) is 11.2 Å². The van der Waals surface area contributed by atoms with Gasteiger partial charge in [-0.15, -0.1) is 0 Å². The summed E-state index contributed by atoms with van der Waals surface area (Å²) in [7, 11) is 0. The Labute approximate surface area is 139 Å². The van der Waals surface area contributed by atoms with E-state index < -0.39 is 0 Å². The van der Waals surface area contributed by atoms with Crippen molar-refractivity contribution in [1.82, 2.24) is 5.32 Å². The second-order valence-electron chi connectivity index (χ2n) is 5.01. The third-order valence-electron chi connectivity index (χ3n) is 3.15. The highest BCUT2D eigenvalue weighted by Crippen LogP contribution is 2.25. The fraction of sp³-hybridized carbons (Fsp3) is 0.0526. The van der Waals surface area contributed by atoms with Gasteiger partial charge in [-0.25, -0.2) is 0 Å². The quantitative estimate of drug-likeness (QED) is 0.448. The summed E-state index contributed by atoms with van der Waals surface area (Å²) in [5.74, 6) is -0.698. The molecule has 0 radical (unpaired) electrons. The van der Waals surface area contributed by atoms with Gasteiger partial charge in [-0.3, -0.25) is 4.79 Å². The molecule has 2 aromatic carbocycles. The van der Waals surface area contributed by atoms with Gasteiger partial charge < -0.3 is 15.5 Å². The molecule has 0 saturated heterocycles. The molecule has 0 aromatic heterocycles. The van der Waals surface area contributed by atoms with Crippen LogP contribution in [0.15, 0.2) is 66.4 Å². The van der Waals surface area contributed by atoms with Gasteiger partial charge in [0.1, 0.15) is 11.8 Å². The van der Waals surface area contributed by atoms with Crippen molar-refractivity contribution in [3.05, 3.63) is 77.5 Å². The average molecular weight is 320 g/mol. The summed E-state index contributed by atoms with van der Waals surface area (Å²) in [5.41, 5.74) is 1.63. The van der Waals surface area contributed by atoms with E-state index in [4.69, 9.17) is 5.26 Å². The Morgan fingerprint density at radius 1 is 1.12 bits per heavy atom. The van der Waals surface area contributed by atoms with Crippen LogP contribution in [0.5, 0.6) is 11.5 Å². The van der Waals surface area contributed by atoms with E-state index >= 15 is 0 Å². The van der Waals surface area contributed by atoms with Crippen molar-refractivity contribution in [2.24, 2.45) is 0 Å². The van der Waals surface area contributed by atoms with Crippen molar-refractivity contribution in [3.63, 3.8) is 0 Å². The van der Waals surface area contributed by atoms with Gasteiger partial charge in [-0.1, -0.05) is 48.6 Å².